The number of para-hydroxylation sites is 2. The summed E-state index contributed by atoms with van der Waals surface area (Å²) in [7, 11) is -4.03. The summed E-state index contributed by atoms with van der Waals surface area (Å²) in [6.07, 6.45) is 0. The minimum absolute atomic E-state index is 0.139. The number of anilines is 2. The summed E-state index contributed by atoms with van der Waals surface area (Å²) < 4.78 is 29.9. The average Bonchev–Trinajstić information content (AvgIpc) is 2.64. The molecule has 0 fully saturated rings. The largest absolute Gasteiger partial charge is 0.323 e. The summed E-state index contributed by atoms with van der Waals surface area (Å²) in [5.74, 6) is -0.340. The highest BCUT2D eigenvalue weighted by Gasteiger charge is 2.40. The minimum atomic E-state index is -4.03. The number of nitrogens with one attached hydrogen (secondary N) is 1. The predicted molar refractivity (Wildman–Crippen MR) is 132 cm³/mol. The Bertz CT molecular complexity index is 1130. The molecule has 2 aromatic carbocycles. The van der Waals surface area contributed by atoms with Gasteiger partial charge in [0.1, 0.15) is 6.54 Å². The third-order valence-corrected chi connectivity index (χ3v) is 7.71. The van der Waals surface area contributed by atoms with E-state index in [9.17, 15) is 13.2 Å². The molecule has 174 valence electrons. The van der Waals surface area contributed by atoms with E-state index in [1.54, 1.807) is 24.3 Å². The Morgan fingerprint density at radius 2 is 1.31 bits per heavy atom. The fourth-order valence-corrected chi connectivity index (χ4v) is 6.19. The molecule has 0 unspecified atom stereocenters. The van der Waals surface area contributed by atoms with Crippen LogP contribution in [0.25, 0.3) is 0 Å². The molecule has 2 aromatic rings. The monoisotopic (exact) mass is 456 g/mol. The van der Waals surface area contributed by atoms with Crippen molar-refractivity contribution in [3.63, 3.8) is 0 Å². The van der Waals surface area contributed by atoms with E-state index in [1.165, 1.54) is 4.31 Å². The number of fused-ring (bicyclic) bond motifs is 1. The zero-order valence-corrected chi connectivity index (χ0v) is 21.6. The van der Waals surface area contributed by atoms with Crippen LogP contribution in [0.1, 0.15) is 79.0 Å². The first kappa shape index (κ1) is 24.3. The van der Waals surface area contributed by atoms with Crippen LogP contribution in [0, 0.1) is 0 Å². The van der Waals surface area contributed by atoms with Crippen LogP contribution in [0.4, 0.5) is 11.4 Å². The predicted octanol–water partition coefficient (Wildman–Crippen LogP) is 5.73. The van der Waals surface area contributed by atoms with Gasteiger partial charge in [0, 0.05) is 0 Å². The highest BCUT2D eigenvalue weighted by Crippen LogP contribution is 2.43. The van der Waals surface area contributed by atoms with Gasteiger partial charge in [0.25, 0.3) is 10.0 Å². The van der Waals surface area contributed by atoms with Gasteiger partial charge in [-0.05, 0) is 45.1 Å². The van der Waals surface area contributed by atoms with Gasteiger partial charge in [0.05, 0.1) is 16.3 Å². The van der Waals surface area contributed by atoms with Crippen molar-refractivity contribution in [1.29, 1.82) is 0 Å². The SMILES string of the molecule is CC(C)(C)c1cc(C(C)(C)C)c(S(=O)(=O)N2CC(=O)Nc3ccccc32)c(C(C)(C)C)c1. The molecule has 0 saturated carbocycles. The van der Waals surface area contributed by atoms with Crippen LogP contribution in [-0.2, 0) is 31.1 Å². The molecule has 0 saturated heterocycles. The summed E-state index contributed by atoms with van der Waals surface area (Å²) in [5.41, 5.74) is 2.68. The second kappa shape index (κ2) is 7.62. The molecule has 1 heterocycles. The lowest BCUT2D eigenvalue weighted by atomic mass is 9.75. The smallest absolute Gasteiger partial charge is 0.265 e. The van der Waals surface area contributed by atoms with Crippen LogP contribution in [0.3, 0.4) is 0 Å². The maximum Gasteiger partial charge on any atom is 0.265 e. The molecule has 0 bridgehead atoms. The number of hydrogen-bond acceptors (Lipinski definition) is 3. The second-order valence-corrected chi connectivity index (χ2v) is 13.5. The molecule has 0 aliphatic carbocycles. The van der Waals surface area contributed by atoms with Crippen molar-refractivity contribution in [3.8, 4) is 0 Å². The molecular weight excluding hydrogens is 420 g/mol. The molecule has 1 aliphatic rings. The van der Waals surface area contributed by atoms with Crippen LogP contribution >= 0.6 is 0 Å². The molecule has 1 aliphatic heterocycles. The first-order valence-electron chi connectivity index (χ1n) is 11.0. The van der Waals surface area contributed by atoms with Crippen molar-refractivity contribution in [2.45, 2.75) is 83.5 Å². The van der Waals surface area contributed by atoms with Gasteiger partial charge in [0.2, 0.25) is 5.91 Å². The van der Waals surface area contributed by atoms with Crippen LogP contribution in [0.2, 0.25) is 0 Å². The Morgan fingerprint density at radius 1 is 0.812 bits per heavy atom. The third kappa shape index (κ3) is 4.42. The van der Waals surface area contributed by atoms with E-state index >= 15 is 0 Å². The molecule has 0 radical (unpaired) electrons. The van der Waals surface area contributed by atoms with Crippen molar-refractivity contribution in [2.24, 2.45) is 0 Å². The van der Waals surface area contributed by atoms with Gasteiger partial charge in [-0.15, -0.1) is 0 Å². The van der Waals surface area contributed by atoms with E-state index in [0.717, 1.165) is 16.7 Å². The van der Waals surface area contributed by atoms with Crippen LogP contribution in [0.5, 0.6) is 0 Å². The zero-order valence-electron chi connectivity index (χ0n) is 20.8. The van der Waals surface area contributed by atoms with E-state index in [-0.39, 0.29) is 17.9 Å². The summed E-state index contributed by atoms with van der Waals surface area (Å²) in [6, 6.07) is 11.1. The van der Waals surface area contributed by atoms with Crippen LogP contribution in [-0.4, -0.2) is 20.9 Å². The van der Waals surface area contributed by atoms with E-state index in [1.807, 2.05) is 53.7 Å². The van der Waals surface area contributed by atoms with Crippen molar-refractivity contribution in [2.75, 3.05) is 16.2 Å². The Labute approximate surface area is 193 Å². The van der Waals surface area contributed by atoms with Gasteiger partial charge < -0.3 is 5.32 Å². The number of carbonyl (C=O) groups excluding carboxylic acids is 1. The lowest BCUT2D eigenvalue weighted by Crippen LogP contribution is -2.43. The highest BCUT2D eigenvalue weighted by atomic mass is 32.2. The molecular formula is C26H36N2O3S. The lowest BCUT2D eigenvalue weighted by molar-refractivity contribution is -0.115. The maximum atomic E-state index is 14.3. The number of sulfonamides is 1. The number of amides is 1. The second-order valence-electron chi connectivity index (χ2n) is 11.7. The van der Waals surface area contributed by atoms with Gasteiger partial charge in [-0.25, -0.2) is 8.42 Å². The quantitative estimate of drug-likeness (QED) is 0.628. The van der Waals surface area contributed by atoms with Crippen molar-refractivity contribution >= 4 is 27.3 Å². The Kier molecular flexibility index (Phi) is 5.78. The Balaban J connectivity index is 2.42. The number of rotatable bonds is 2. The molecule has 3 rings (SSSR count). The average molecular weight is 457 g/mol. The summed E-state index contributed by atoms with van der Waals surface area (Å²) >= 11 is 0. The van der Waals surface area contributed by atoms with Crippen molar-refractivity contribution in [3.05, 3.63) is 53.1 Å². The number of benzene rings is 2. The number of nitrogens with zero attached hydrogens (tertiary/aromatic N) is 1. The van der Waals surface area contributed by atoms with Gasteiger partial charge >= 0.3 is 0 Å². The van der Waals surface area contributed by atoms with Gasteiger partial charge in [-0.1, -0.05) is 86.6 Å². The van der Waals surface area contributed by atoms with Crippen molar-refractivity contribution in [1.82, 2.24) is 0 Å². The minimum Gasteiger partial charge on any atom is -0.323 e. The fraction of sp³-hybridized carbons (Fsp3) is 0.500. The van der Waals surface area contributed by atoms with Crippen LogP contribution < -0.4 is 9.62 Å². The summed E-state index contributed by atoms with van der Waals surface area (Å²) in [5, 5.41) is 2.79. The Morgan fingerprint density at radius 3 is 1.78 bits per heavy atom. The van der Waals surface area contributed by atoms with Gasteiger partial charge in [-0.2, -0.15) is 0 Å². The lowest BCUT2D eigenvalue weighted by Gasteiger charge is -2.36. The molecule has 5 nitrogen and oxygen atoms in total. The van der Waals surface area contributed by atoms with Gasteiger partial charge in [0.15, 0.2) is 0 Å². The fourth-order valence-electron chi connectivity index (χ4n) is 3.98. The van der Waals surface area contributed by atoms with E-state index < -0.39 is 20.9 Å². The standard InChI is InChI=1S/C26H36N2O3S/c1-24(2,3)17-14-18(25(4,5)6)23(19(15-17)26(7,8)9)32(30,31)28-16-22(29)27-20-12-10-11-13-21(20)28/h10-15H,16H2,1-9H3,(H,27,29). The molecule has 32 heavy (non-hydrogen) atoms. The molecule has 0 aromatic heterocycles. The highest BCUT2D eigenvalue weighted by molar-refractivity contribution is 7.93. The topological polar surface area (TPSA) is 66.5 Å². The number of hydrogen-bond donors (Lipinski definition) is 1. The molecule has 0 atom stereocenters. The summed E-state index contributed by atoms with van der Waals surface area (Å²) in [6.45, 7) is 18.4. The van der Waals surface area contributed by atoms with Crippen molar-refractivity contribution < 1.29 is 13.2 Å². The van der Waals surface area contributed by atoms with E-state index in [2.05, 4.69) is 26.1 Å². The maximum absolute atomic E-state index is 14.3. The molecule has 6 heteroatoms. The van der Waals surface area contributed by atoms with Crippen LogP contribution in [0.15, 0.2) is 41.3 Å². The summed E-state index contributed by atoms with van der Waals surface area (Å²) in [4.78, 5) is 12.8. The zero-order chi connectivity index (χ0) is 24.3. The molecule has 1 amide bonds. The normalized spacial score (nSPS) is 15.4. The first-order chi connectivity index (χ1) is 14.4. The van der Waals surface area contributed by atoms with E-state index in [4.69, 9.17) is 0 Å². The number of carbonyl (C=O) groups is 1. The third-order valence-electron chi connectivity index (χ3n) is 5.85. The van der Waals surface area contributed by atoms with E-state index in [0.29, 0.717) is 16.3 Å². The molecule has 1 N–H and O–H groups in total. The first-order valence-corrected chi connectivity index (χ1v) is 12.5. The molecule has 0 spiro atoms. The van der Waals surface area contributed by atoms with Gasteiger partial charge in [-0.3, -0.25) is 9.10 Å². The Hall–Kier alpha value is -2.34.